The Morgan fingerprint density at radius 3 is 2.31 bits per heavy atom. The van der Waals surface area contributed by atoms with Gasteiger partial charge in [-0.3, -0.25) is 14.6 Å². The number of benzene rings is 1. The minimum Gasteiger partial charge on any atom is -0.325 e. The fraction of sp³-hybridized carbons (Fsp3) is 0.652. The highest BCUT2D eigenvalue weighted by Crippen LogP contribution is 2.31. The van der Waals surface area contributed by atoms with E-state index in [-0.39, 0.29) is 17.5 Å². The first-order valence-corrected chi connectivity index (χ1v) is 11.6. The van der Waals surface area contributed by atoms with Crippen molar-refractivity contribution in [3.05, 3.63) is 35.7 Å². The molecular formula is C23H36N8O. The van der Waals surface area contributed by atoms with Gasteiger partial charge in [0.1, 0.15) is 0 Å². The van der Waals surface area contributed by atoms with Gasteiger partial charge in [0.25, 0.3) is 0 Å². The Morgan fingerprint density at radius 1 is 1.03 bits per heavy atom. The second kappa shape index (κ2) is 9.64. The van der Waals surface area contributed by atoms with Crippen molar-refractivity contribution >= 4 is 11.6 Å². The lowest BCUT2D eigenvalue weighted by Gasteiger charge is -2.38. The number of likely N-dealkylation sites (tertiary alicyclic amines) is 1. The highest BCUT2D eigenvalue weighted by atomic mass is 16.2. The zero-order chi connectivity index (χ0) is 22.7. The minimum atomic E-state index is -0.215. The van der Waals surface area contributed by atoms with Crippen LogP contribution in [0.4, 0.5) is 5.69 Å². The average molecular weight is 441 g/mol. The molecule has 1 aromatic heterocycles. The van der Waals surface area contributed by atoms with Crippen LogP contribution < -0.4 is 5.32 Å². The molecule has 0 saturated carbocycles. The summed E-state index contributed by atoms with van der Waals surface area (Å²) in [7, 11) is 2.16. The molecule has 174 valence electrons. The largest absolute Gasteiger partial charge is 0.325 e. The van der Waals surface area contributed by atoms with Gasteiger partial charge in [-0.1, -0.05) is 12.1 Å². The van der Waals surface area contributed by atoms with Gasteiger partial charge < -0.3 is 10.2 Å². The number of tetrazole rings is 1. The van der Waals surface area contributed by atoms with Crippen LogP contribution in [0.5, 0.6) is 0 Å². The van der Waals surface area contributed by atoms with Crippen molar-refractivity contribution in [1.82, 2.24) is 34.9 Å². The van der Waals surface area contributed by atoms with Gasteiger partial charge in [0.05, 0.1) is 18.1 Å². The highest BCUT2D eigenvalue weighted by Gasteiger charge is 2.32. The summed E-state index contributed by atoms with van der Waals surface area (Å²) in [5.41, 5.74) is 1.74. The van der Waals surface area contributed by atoms with Crippen molar-refractivity contribution in [3.63, 3.8) is 0 Å². The van der Waals surface area contributed by atoms with Crippen molar-refractivity contribution in [2.75, 3.05) is 58.2 Å². The van der Waals surface area contributed by atoms with E-state index in [1.165, 1.54) is 12.8 Å². The average Bonchev–Trinajstić information content (AvgIpc) is 3.43. The lowest BCUT2D eigenvalue weighted by atomic mass is 10.0. The summed E-state index contributed by atoms with van der Waals surface area (Å²) in [6.45, 7) is 12.8. The van der Waals surface area contributed by atoms with Gasteiger partial charge in [0.2, 0.25) is 5.91 Å². The molecular weight excluding hydrogens is 404 g/mol. The second-order valence-electron chi connectivity index (χ2n) is 10.0. The van der Waals surface area contributed by atoms with Gasteiger partial charge in [-0.25, -0.2) is 4.68 Å². The van der Waals surface area contributed by atoms with Gasteiger partial charge in [0.15, 0.2) is 5.82 Å². The molecule has 0 radical (unpaired) electrons. The molecule has 1 N–H and O–H groups in total. The SMILES string of the molecule is CN1CCN(C(c2ccc(NC(=O)CN3CCCC3)cc2)c2nnnn2C(C)(C)C)CC1. The first-order valence-electron chi connectivity index (χ1n) is 11.6. The number of piperazine rings is 1. The van der Waals surface area contributed by atoms with Gasteiger partial charge in [-0.15, -0.1) is 5.10 Å². The van der Waals surface area contributed by atoms with Crippen LogP contribution in [-0.2, 0) is 10.3 Å². The summed E-state index contributed by atoms with van der Waals surface area (Å²) >= 11 is 0. The number of hydrogen-bond acceptors (Lipinski definition) is 7. The third kappa shape index (κ3) is 5.33. The summed E-state index contributed by atoms with van der Waals surface area (Å²) in [4.78, 5) is 19.4. The third-order valence-electron chi connectivity index (χ3n) is 6.35. The first kappa shape index (κ1) is 22.8. The molecule has 1 atom stereocenters. The van der Waals surface area contributed by atoms with Crippen molar-refractivity contribution < 1.29 is 4.79 Å². The molecule has 32 heavy (non-hydrogen) atoms. The molecule has 9 nitrogen and oxygen atoms in total. The molecule has 0 bridgehead atoms. The normalized spacial score (nSPS) is 19.9. The van der Waals surface area contributed by atoms with E-state index in [0.29, 0.717) is 6.54 Å². The number of nitrogens with one attached hydrogen (secondary N) is 1. The van der Waals surface area contributed by atoms with E-state index in [1.54, 1.807) is 0 Å². The monoisotopic (exact) mass is 440 g/mol. The topological polar surface area (TPSA) is 82.4 Å². The molecule has 4 rings (SSSR count). The van der Waals surface area contributed by atoms with E-state index in [2.05, 4.69) is 75.5 Å². The number of anilines is 1. The Hall–Kier alpha value is -2.36. The Bertz CT molecular complexity index is 889. The molecule has 9 heteroatoms. The molecule has 0 spiro atoms. The lowest BCUT2D eigenvalue weighted by molar-refractivity contribution is -0.117. The molecule has 2 aromatic rings. The zero-order valence-electron chi connectivity index (χ0n) is 19.8. The number of carbonyl (C=O) groups is 1. The number of hydrogen-bond donors (Lipinski definition) is 1. The molecule has 3 heterocycles. The van der Waals surface area contributed by atoms with Crippen molar-refractivity contribution in [2.45, 2.75) is 45.2 Å². The van der Waals surface area contributed by atoms with E-state index in [9.17, 15) is 4.79 Å². The van der Waals surface area contributed by atoms with Crippen LogP contribution >= 0.6 is 0 Å². The van der Waals surface area contributed by atoms with Gasteiger partial charge in [-0.2, -0.15) is 0 Å². The molecule has 0 aliphatic carbocycles. The summed E-state index contributed by atoms with van der Waals surface area (Å²) in [5.74, 6) is 0.903. The van der Waals surface area contributed by atoms with E-state index in [4.69, 9.17) is 0 Å². The number of nitrogens with zero attached hydrogens (tertiary/aromatic N) is 7. The van der Waals surface area contributed by atoms with Crippen LogP contribution in [0.3, 0.4) is 0 Å². The molecule has 2 aliphatic rings. The number of rotatable bonds is 6. The predicted molar refractivity (Wildman–Crippen MR) is 124 cm³/mol. The van der Waals surface area contributed by atoms with E-state index >= 15 is 0 Å². The lowest BCUT2D eigenvalue weighted by Crippen LogP contribution is -2.47. The molecule has 2 saturated heterocycles. The minimum absolute atomic E-state index is 0.0349. The van der Waals surface area contributed by atoms with Crippen LogP contribution in [0.1, 0.15) is 51.0 Å². The fourth-order valence-electron chi connectivity index (χ4n) is 4.54. The quantitative estimate of drug-likeness (QED) is 0.733. The van der Waals surface area contributed by atoms with Crippen LogP contribution in [-0.4, -0.2) is 93.7 Å². The zero-order valence-corrected chi connectivity index (χ0v) is 19.8. The second-order valence-corrected chi connectivity index (χ2v) is 10.0. The number of likely N-dealkylation sites (N-methyl/N-ethyl adjacent to an activating group) is 1. The van der Waals surface area contributed by atoms with Crippen molar-refractivity contribution in [2.24, 2.45) is 0 Å². The molecule has 1 unspecified atom stereocenters. The maximum absolute atomic E-state index is 12.4. The van der Waals surface area contributed by atoms with Crippen LogP contribution in [0.15, 0.2) is 24.3 Å². The van der Waals surface area contributed by atoms with E-state index in [1.807, 2.05) is 16.8 Å². The number of carbonyl (C=O) groups excluding carboxylic acids is 1. The molecule has 2 fully saturated rings. The maximum atomic E-state index is 12.4. The number of amides is 1. The summed E-state index contributed by atoms with van der Waals surface area (Å²) in [6, 6.07) is 8.14. The summed E-state index contributed by atoms with van der Waals surface area (Å²) in [5, 5.41) is 15.8. The van der Waals surface area contributed by atoms with Crippen molar-refractivity contribution in [1.29, 1.82) is 0 Å². The van der Waals surface area contributed by atoms with E-state index in [0.717, 1.165) is 56.3 Å². The smallest absolute Gasteiger partial charge is 0.238 e. The summed E-state index contributed by atoms with van der Waals surface area (Å²) in [6.07, 6.45) is 2.37. The number of aromatic nitrogens is 4. The fourth-order valence-corrected chi connectivity index (χ4v) is 4.54. The Labute approximate surface area is 190 Å². The third-order valence-corrected chi connectivity index (χ3v) is 6.35. The van der Waals surface area contributed by atoms with Crippen LogP contribution in [0.2, 0.25) is 0 Å². The van der Waals surface area contributed by atoms with Gasteiger partial charge in [-0.05, 0) is 81.9 Å². The molecule has 1 amide bonds. The Morgan fingerprint density at radius 2 is 1.69 bits per heavy atom. The summed E-state index contributed by atoms with van der Waals surface area (Å²) < 4.78 is 1.93. The molecule has 1 aromatic carbocycles. The van der Waals surface area contributed by atoms with Gasteiger partial charge >= 0.3 is 0 Å². The van der Waals surface area contributed by atoms with Crippen LogP contribution in [0, 0.1) is 0 Å². The maximum Gasteiger partial charge on any atom is 0.238 e. The first-order chi connectivity index (χ1) is 15.3. The predicted octanol–water partition coefficient (Wildman–Crippen LogP) is 1.80. The highest BCUT2D eigenvalue weighted by molar-refractivity contribution is 5.92. The standard InChI is InChI=1S/C23H36N8O/c1-23(2,3)31-22(25-26-27-31)21(30-15-13-28(4)14-16-30)18-7-9-19(10-8-18)24-20(32)17-29-11-5-6-12-29/h7-10,21H,5-6,11-17H2,1-4H3,(H,24,32). The Balaban J connectivity index is 1.55. The molecule has 2 aliphatic heterocycles. The van der Waals surface area contributed by atoms with Gasteiger partial charge in [0, 0.05) is 31.9 Å². The van der Waals surface area contributed by atoms with Crippen LogP contribution in [0.25, 0.3) is 0 Å². The van der Waals surface area contributed by atoms with Crippen molar-refractivity contribution in [3.8, 4) is 0 Å². The Kier molecular flexibility index (Phi) is 6.88. The van der Waals surface area contributed by atoms with E-state index < -0.39 is 0 Å².